The second-order valence-electron chi connectivity index (χ2n) is 5.69. The van der Waals surface area contributed by atoms with Gasteiger partial charge in [0.15, 0.2) is 0 Å². The van der Waals surface area contributed by atoms with Crippen molar-refractivity contribution in [3.05, 3.63) is 0 Å². The molecule has 0 aromatic rings. The van der Waals surface area contributed by atoms with Crippen LogP contribution in [0.15, 0.2) is 0 Å². The van der Waals surface area contributed by atoms with Crippen molar-refractivity contribution in [2.75, 3.05) is 13.2 Å². The van der Waals surface area contributed by atoms with Crippen LogP contribution in [0.4, 0.5) is 0 Å². The molecule has 1 fully saturated rings. The summed E-state index contributed by atoms with van der Waals surface area (Å²) in [6.45, 7) is 7.45. The van der Waals surface area contributed by atoms with E-state index in [4.69, 9.17) is 4.74 Å². The molecule has 1 aliphatic carbocycles. The molecule has 0 amide bonds. The molecule has 4 unspecified atom stereocenters. The predicted molar refractivity (Wildman–Crippen MR) is 68.8 cm³/mol. The highest BCUT2D eigenvalue weighted by Crippen LogP contribution is 2.36. The summed E-state index contributed by atoms with van der Waals surface area (Å²) in [7, 11) is 0. The van der Waals surface area contributed by atoms with Crippen LogP contribution >= 0.6 is 0 Å². The van der Waals surface area contributed by atoms with E-state index in [0.29, 0.717) is 31.5 Å². The zero-order valence-electron chi connectivity index (χ0n) is 11.4. The maximum atomic E-state index is 9.99. The maximum absolute atomic E-state index is 9.99. The van der Waals surface area contributed by atoms with Crippen LogP contribution in [0.5, 0.6) is 0 Å². The van der Waals surface area contributed by atoms with Gasteiger partial charge in [-0.2, -0.15) is 0 Å². The summed E-state index contributed by atoms with van der Waals surface area (Å²) in [6, 6.07) is 0. The minimum Gasteiger partial charge on any atom is -0.393 e. The molecule has 1 saturated carbocycles. The second-order valence-corrected chi connectivity index (χ2v) is 5.69. The van der Waals surface area contributed by atoms with E-state index in [9.17, 15) is 10.2 Å². The largest absolute Gasteiger partial charge is 0.393 e. The molecule has 3 heteroatoms. The van der Waals surface area contributed by atoms with Crippen molar-refractivity contribution < 1.29 is 14.9 Å². The minimum absolute atomic E-state index is 0.235. The van der Waals surface area contributed by atoms with E-state index in [1.165, 1.54) is 0 Å². The third-order valence-corrected chi connectivity index (χ3v) is 4.01. The van der Waals surface area contributed by atoms with Gasteiger partial charge in [0.1, 0.15) is 0 Å². The Morgan fingerprint density at radius 2 is 2.00 bits per heavy atom. The molecule has 0 saturated heterocycles. The fourth-order valence-electron chi connectivity index (χ4n) is 2.81. The first-order valence-electron chi connectivity index (χ1n) is 6.98. The van der Waals surface area contributed by atoms with E-state index in [-0.39, 0.29) is 12.0 Å². The molecule has 0 heterocycles. The van der Waals surface area contributed by atoms with E-state index in [2.05, 4.69) is 13.8 Å². The third kappa shape index (κ3) is 4.94. The van der Waals surface area contributed by atoms with E-state index < -0.39 is 6.10 Å². The fourth-order valence-corrected chi connectivity index (χ4v) is 2.81. The molecule has 0 spiro atoms. The quantitative estimate of drug-likeness (QED) is 0.753. The van der Waals surface area contributed by atoms with Gasteiger partial charge < -0.3 is 14.9 Å². The Labute approximate surface area is 105 Å². The first-order chi connectivity index (χ1) is 8.04. The van der Waals surface area contributed by atoms with Gasteiger partial charge >= 0.3 is 0 Å². The summed E-state index contributed by atoms with van der Waals surface area (Å²) >= 11 is 0. The molecule has 0 aromatic carbocycles. The average molecular weight is 244 g/mol. The monoisotopic (exact) mass is 244 g/mol. The van der Waals surface area contributed by atoms with E-state index in [1.807, 2.05) is 6.92 Å². The van der Waals surface area contributed by atoms with Gasteiger partial charge in [-0.3, -0.25) is 0 Å². The minimum atomic E-state index is -0.430. The topological polar surface area (TPSA) is 49.7 Å². The summed E-state index contributed by atoms with van der Waals surface area (Å²) in [5, 5.41) is 19.8. The molecular weight excluding hydrogens is 216 g/mol. The van der Waals surface area contributed by atoms with Gasteiger partial charge in [0, 0.05) is 6.61 Å². The maximum Gasteiger partial charge on any atom is 0.0777 e. The van der Waals surface area contributed by atoms with Crippen molar-refractivity contribution in [3.8, 4) is 0 Å². The molecule has 0 aliphatic heterocycles. The van der Waals surface area contributed by atoms with Crippen molar-refractivity contribution in [1.82, 2.24) is 0 Å². The van der Waals surface area contributed by atoms with Gasteiger partial charge in [-0.25, -0.2) is 0 Å². The number of aliphatic hydroxyl groups excluding tert-OH is 2. The van der Waals surface area contributed by atoms with Crippen molar-refractivity contribution >= 4 is 0 Å². The number of hydrogen-bond donors (Lipinski definition) is 2. The Morgan fingerprint density at radius 3 is 2.59 bits per heavy atom. The number of hydrogen-bond acceptors (Lipinski definition) is 3. The van der Waals surface area contributed by atoms with Crippen LogP contribution in [0.1, 0.15) is 46.5 Å². The van der Waals surface area contributed by atoms with Gasteiger partial charge in [-0.1, -0.05) is 13.8 Å². The Kier molecular flexibility index (Phi) is 6.45. The summed E-state index contributed by atoms with van der Waals surface area (Å²) in [5.74, 6) is 1.61. The molecule has 1 aliphatic rings. The summed E-state index contributed by atoms with van der Waals surface area (Å²) < 4.78 is 5.21. The van der Waals surface area contributed by atoms with Crippen LogP contribution in [-0.4, -0.2) is 35.6 Å². The van der Waals surface area contributed by atoms with Crippen LogP contribution in [-0.2, 0) is 4.74 Å². The van der Waals surface area contributed by atoms with E-state index >= 15 is 0 Å². The third-order valence-electron chi connectivity index (χ3n) is 4.01. The Balaban J connectivity index is 2.38. The summed E-state index contributed by atoms with van der Waals surface area (Å²) in [6.07, 6.45) is 3.06. The van der Waals surface area contributed by atoms with Crippen LogP contribution in [0.2, 0.25) is 0 Å². The van der Waals surface area contributed by atoms with Crippen molar-refractivity contribution in [3.63, 3.8) is 0 Å². The van der Waals surface area contributed by atoms with Crippen LogP contribution < -0.4 is 0 Å². The Bertz CT molecular complexity index is 206. The Hall–Kier alpha value is -0.120. The van der Waals surface area contributed by atoms with E-state index in [0.717, 1.165) is 19.3 Å². The molecule has 4 atom stereocenters. The molecule has 1 rings (SSSR count). The molecule has 17 heavy (non-hydrogen) atoms. The SMILES string of the molecule is CCOCC(O)CC1CC(C(C)C)CCC1O. The fraction of sp³-hybridized carbons (Fsp3) is 1.00. The highest BCUT2D eigenvalue weighted by Gasteiger charge is 2.31. The molecule has 102 valence electrons. The zero-order valence-corrected chi connectivity index (χ0v) is 11.4. The molecule has 0 radical (unpaired) electrons. The van der Waals surface area contributed by atoms with Crippen molar-refractivity contribution in [1.29, 1.82) is 0 Å². The smallest absolute Gasteiger partial charge is 0.0777 e. The second kappa shape index (κ2) is 7.34. The van der Waals surface area contributed by atoms with Crippen molar-refractivity contribution in [2.24, 2.45) is 17.8 Å². The molecule has 3 nitrogen and oxygen atoms in total. The summed E-state index contributed by atoms with van der Waals surface area (Å²) in [5.41, 5.74) is 0. The molecule has 0 aromatic heterocycles. The average Bonchev–Trinajstić information content (AvgIpc) is 2.29. The van der Waals surface area contributed by atoms with Gasteiger partial charge in [-0.05, 0) is 50.4 Å². The van der Waals surface area contributed by atoms with Crippen LogP contribution in [0.25, 0.3) is 0 Å². The lowest BCUT2D eigenvalue weighted by molar-refractivity contribution is -0.0166. The highest BCUT2D eigenvalue weighted by molar-refractivity contribution is 4.82. The lowest BCUT2D eigenvalue weighted by atomic mass is 9.73. The number of aliphatic hydroxyl groups is 2. The normalized spacial score (nSPS) is 31.8. The van der Waals surface area contributed by atoms with Gasteiger partial charge in [-0.15, -0.1) is 0 Å². The van der Waals surface area contributed by atoms with Gasteiger partial charge in [0.05, 0.1) is 18.8 Å². The predicted octanol–water partition coefficient (Wildman–Crippen LogP) is 2.21. The van der Waals surface area contributed by atoms with Crippen LogP contribution in [0.3, 0.4) is 0 Å². The van der Waals surface area contributed by atoms with Crippen molar-refractivity contribution in [2.45, 2.75) is 58.7 Å². The van der Waals surface area contributed by atoms with E-state index in [1.54, 1.807) is 0 Å². The highest BCUT2D eigenvalue weighted by atomic mass is 16.5. The molecular formula is C14H28O3. The standard InChI is InChI=1S/C14H28O3/c1-4-17-9-13(15)8-12-7-11(10(2)3)5-6-14(12)16/h10-16H,4-9H2,1-3H3. The van der Waals surface area contributed by atoms with Gasteiger partial charge in [0.25, 0.3) is 0 Å². The molecule has 2 N–H and O–H groups in total. The first kappa shape index (κ1) is 14.9. The van der Waals surface area contributed by atoms with Crippen LogP contribution in [0, 0.1) is 17.8 Å². The molecule has 0 bridgehead atoms. The Morgan fingerprint density at radius 1 is 1.29 bits per heavy atom. The number of rotatable bonds is 6. The number of ether oxygens (including phenoxy) is 1. The lowest BCUT2D eigenvalue weighted by Gasteiger charge is -2.36. The lowest BCUT2D eigenvalue weighted by Crippen LogP contribution is -2.34. The van der Waals surface area contributed by atoms with Gasteiger partial charge in [0.2, 0.25) is 0 Å². The zero-order chi connectivity index (χ0) is 12.8. The first-order valence-corrected chi connectivity index (χ1v) is 6.98. The summed E-state index contributed by atoms with van der Waals surface area (Å²) in [4.78, 5) is 0.